The molecule has 0 bridgehead atoms. The zero-order chi connectivity index (χ0) is 19.2. The highest BCUT2D eigenvalue weighted by molar-refractivity contribution is 5.88. The number of aliphatic carboxylic acids is 1. The summed E-state index contributed by atoms with van der Waals surface area (Å²) in [5, 5.41) is 9.58. The number of carboxylic acid groups (broad SMARTS) is 1. The Bertz CT molecular complexity index is 772. The lowest BCUT2D eigenvalue weighted by atomic mass is 9.77. The van der Waals surface area contributed by atoms with Gasteiger partial charge in [-0.1, -0.05) is 0 Å². The molecule has 3 aliphatic heterocycles. The highest BCUT2D eigenvalue weighted by Gasteiger charge is 2.55. The van der Waals surface area contributed by atoms with Gasteiger partial charge in [-0.15, -0.1) is 0 Å². The van der Waals surface area contributed by atoms with Crippen LogP contribution in [0.25, 0.3) is 0 Å². The predicted octanol–water partition coefficient (Wildman–Crippen LogP) is 1.32. The number of benzene rings is 1. The number of carbonyl (C=O) groups excluding carboxylic acids is 1. The van der Waals surface area contributed by atoms with E-state index in [-0.39, 0.29) is 19.1 Å². The molecule has 1 atom stereocenters. The van der Waals surface area contributed by atoms with Crippen LogP contribution < -0.4 is 14.2 Å². The van der Waals surface area contributed by atoms with Gasteiger partial charge >= 0.3 is 5.97 Å². The summed E-state index contributed by atoms with van der Waals surface area (Å²) in [6.07, 6.45) is 1.42. The molecule has 3 aliphatic rings. The average Bonchev–Trinajstić information content (AvgIpc) is 3.22. The van der Waals surface area contributed by atoms with Gasteiger partial charge < -0.3 is 24.2 Å². The number of fused-ring (bicyclic) bond motifs is 1. The highest BCUT2D eigenvalue weighted by atomic mass is 16.7. The molecule has 27 heavy (non-hydrogen) atoms. The van der Waals surface area contributed by atoms with Gasteiger partial charge in [0.25, 0.3) is 0 Å². The Morgan fingerprint density at radius 2 is 2.07 bits per heavy atom. The Kier molecular flexibility index (Phi) is 4.38. The van der Waals surface area contributed by atoms with Crippen LogP contribution >= 0.6 is 0 Å². The van der Waals surface area contributed by atoms with Crippen LogP contribution in [0.4, 0.5) is 0 Å². The first kappa shape index (κ1) is 17.9. The van der Waals surface area contributed by atoms with E-state index in [0.717, 1.165) is 18.7 Å². The molecule has 8 nitrogen and oxygen atoms in total. The lowest BCUT2D eigenvalue weighted by molar-refractivity contribution is -0.146. The van der Waals surface area contributed by atoms with Crippen molar-refractivity contribution in [2.24, 2.45) is 5.92 Å². The maximum Gasteiger partial charge on any atom is 0.309 e. The molecule has 0 unspecified atom stereocenters. The number of likely N-dealkylation sites (tertiary alicyclic amines) is 2. The van der Waals surface area contributed by atoms with Crippen LogP contribution in [0.2, 0.25) is 0 Å². The number of piperidine rings is 1. The van der Waals surface area contributed by atoms with Gasteiger partial charge in [-0.05, 0) is 30.5 Å². The summed E-state index contributed by atoms with van der Waals surface area (Å²) in [5.74, 6) is 0.403. The van der Waals surface area contributed by atoms with Crippen LogP contribution in [0.3, 0.4) is 0 Å². The van der Waals surface area contributed by atoms with E-state index in [2.05, 4.69) is 4.90 Å². The molecule has 0 aromatic heterocycles. The minimum absolute atomic E-state index is 0.0728. The van der Waals surface area contributed by atoms with Crippen molar-refractivity contribution in [3.05, 3.63) is 17.7 Å². The van der Waals surface area contributed by atoms with Gasteiger partial charge in [-0.2, -0.15) is 0 Å². The second-order valence-corrected chi connectivity index (χ2v) is 7.46. The fourth-order valence-corrected chi connectivity index (χ4v) is 4.62. The summed E-state index contributed by atoms with van der Waals surface area (Å²) in [6, 6.07) is 3.91. The first-order valence-corrected chi connectivity index (χ1v) is 9.13. The molecule has 3 heterocycles. The molecular formula is C19H24N2O6. The number of carboxylic acids is 1. The number of hydrogen-bond acceptors (Lipinski definition) is 6. The molecule has 146 valence electrons. The lowest BCUT2D eigenvalue weighted by Gasteiger charge is -2.45. The minimum atomic E-state index is -0.873. The number of nitrogens with zero attached hydrogens (tertiary/aromatic N) is 2. The zero-order valence-corrected chi connectivity index (χ0v) is 15.6. The number of amides is 1. The van der Waals surface area contributed by atoms with E-state index in [9.17, 15) is 14.7 Å². The maximum atomic E-state index is 12.1. The Morgan fingerprint density at radius 3 is 2.74 bits per heavy atom. The van der Waals surface area contributed by atoms with E-state index >= 15 is 0 Å². The predicted molar refractivity (Wildman–Crippen MR) is 94.9 cm³/mol. The molecule has 1 amide bonds. The quantitative estimate of drug-likeness (QED) is 0.848. The SMILES string of the molecule is COc1cc(CN2CCC3(CC2)[C@@H](C(=O)O)CC(=O)N3C)cc2c1OCO2. The van der Waals surface area contributed by atoms with Gasteiger partial charge in [0.2, 0.25) is 18.4 Å². The van der Waals surface area contributed by atoms with E-state index in [1.54, 1.807) is 19.1 Å². The van der Waals surface area contributed by atoms with Crippen molar-refractivity contribution in [2.45, 2.75) is 31.3 Å². The third kappa shape index (κ3) is 2.88. The van der Waals surface area contributed by atoms with Crippen LogP contribution in [0.15, 0.2) is 12.1 Å². The van der Waals surface area contributed by atoms with Crippen molar-refractivity contribution in [1.29, 1.82) is 0 Å². The van der Waals surface area contributed by atoms with E-state index < -0.39 is 17.4 Å². The first-order chi connectivity index (χ1) is 12.9. The van der Waals surface area contributed by atoms with Gasteiger partial charge in [-0.3, -0.25) is 14.5 Å². The number of methoxy groups -OCH3 is 1. The number of rotatable bonds is 4. The van der Waals surface area contributed by atoms with Gasteiger partial charge in [0.05, 0.1) is 18.6 Å². The molecule has 2 fully saturated rings. The number of carbonyl (C=O) groups is 2. The third-order valence-corrected chi connectivity index (χ3v) is 6.21. The Morgan fingerprint density at radius 1 is 1.33 bits per heavy atom. The lowest BCUT2D eigenvalue weighted by Crippen LogP contribution is -2.55. The van der Waals surface area contributed by atoms with Crippen LogP contribution in [-0.2, 0) is 16.1 Å². The molecule has 8 heteroatoms. The standard InChI is InChI=1S/C19H24N2O6/c1-20-16(22)9-13(18(23)24)19(20)3-5-21(6-4-19)10-12-7-14(25-2)17-15(8-12)26-11-27-17/h7-8,13H,3-6,9-11H2,1-2H3,(H,23,24)/t13-/m1/s1. The fourth-order valence-electron chi connectivity index (χ4n) is 4.62. The molecule has 4 rings (SSSR count). The number of hydrogen-bond donors (Lipinski definition) is 1. The fraction of sp³-hybridized carbons (Fsp3) is 0.579. The van der Waals surface area contributed by atoms with Gasteiger partial charge in [0.15, 0.2) is 11.5 Å². The Hall–Kier alpha value is -2.48. The zero-order valence-electron chi connectivity index (χ0n) is 15.6. The normalized spacial score (nSPS) is 23.9. The monoisotopic (exact) mass is 376 g/mol. The van der Waals surface area contributed by atoms with E-state index in [4.69, 9.17) is 14.2 Å². The summed E-state index contributed by atoms with van der Waals surface area (Å²) in [4.78, 5) is 27.8. The van der Waals surface area contributed by atoms with Crippen molar-refractivity contribution in [2.75, 3.05) is 34.0 Å². The molecule has 2 saturated heterocycles. The Labute approximate surface area is 157 Å². The van der Waals surface area contributed by atoms with Crippen LogP contribution in [-0.4, -0.2) is 66.4 Å². The van der Waals surface area contributed by atoms with Gasteiger partial charge in [-0.25, -0.2) is 0 Å². The topological polar surface area (TPSA) is 88.5 Å². The minimum Gasteiger partial charge on any atom is -0.493 e. The Balaban J connectivity index is 1.47. The summed E-state index contributed by atoms with van der Waals surface area (Å²) in [7, 11) is 3.34. The average molecular weight is 376 g/mol. The largest absolute Gasteiger partial charge is 0.493 e. The van der Waals surface area contributed by atoms with Crippen molar-refractivity contribution < 1.29 is 28.9 Å². The van der Waals surface area contributed by atoms with E-state index in [0.29, 0.717) is 36.6 Å². The van der Waals surface area contributed by atoms with Crippen LogP contribution in [0, 0.1) is 5.92 Å². The molecule has 0 aliphatic carbocycles. The molecule has 0 saturated carbocycles. The summed E-state index contributed by atoms with van der Waals surface area (Å²) < 4.78 is 16.3. The molecule has 1 spiro atoms. The summed E-state index contributed by atoms with van der Waals surface area (Å²) in [6.45, 7) is 2.37. The molecule has 1 aromatic carbocycles. The number of ether oxygens (including phenoxy) is 3. The second-order valence-electron chi connectivity index (χ2n) is 7.46. The molecule has 0 radical (unpaired) electrons. The molecule has 1 N–H and O–H groups in total. The van der Waals surface area contributed by atoms with Crippen LogP contribution in [0.5, 0.6) is 17.2 Å². The van der Waals surface area contributed by atoms with Crippen molar-refractivity contribution >= 4 is 11.9 Å². The van der Waals surface area contributed by atoms with Crippen molar-refractivity contribution in [3.8, 4) is 17.2 Å². The van der Waals surface area contributed by atoms with Crippen molar-refractivity contribution in [3.63, 3.8) is 0 Å². The molecular weight excluding hydrogens is 352 g/mol. The van der Waals surface area contributed by atoms with Gasteiger partial charge in [0, 0.05) is 33.1 Å². The van der Waals surface area contributed by atoms with Gasteiger partial charge in [0.1, 0.15) is 0 Å². The van der Waals surface area contributed by atoms with Crippen molar-refractivity contribution in [1.82, 2.24) is 9.80 Å². The molecule has 1 aromatic rings. The van der Waals surface area contributed by atoms with E-state index in [1.165, 1.54) is 0 Å². The smallest absolute Gasteiger partial charge is 0.309 e. The maximum absolute atomic E-state index is 12.1. The summed E-state index contributed by atoms with van der Waals surface area (Å²) >= 11 is 0. The van der Waals surface area contributed by atoms with E-state index in [1.807, 2.05) is 12.1 Å². The highest BCUT2D eigenvalue weighted by Crippen LogP contribution is 2.44. The third-order valence-electron chi connectivity index (χ3n) is 6.21. The second kappa shape index (κ2) is 6.60. The summed E-state index contributed by atoms with van der Waals surface area (Å²) in [5.41, 5.74) is 0.490. The van der Waals surface area contributed by atoms with Crippen LogP contribution in [0.1, 0.15) is 24.8 Å². The first-order valence-electron chi connectivity index (χ1n) is 9.13.